The quantitative estimate of drug-likeness (QED) is 0.118. The molecule has 0 spiro atoms. The number of hydrogen-bond acceptors (Lipinski definition) is 12. The first-order valence-corrected chi connectivity index (χ1v) is 19.4. The van der Waals surface area contributed by atoms with Crippen molar-refractivity contribution in [2.75, 3.05) is 44.4 Å². The van der Waals surface area contributed by atoms with Gasteiger partial charge in [0.05, 0.1) is 50.3 Å². The molecule has 1 aliphatic carbocycles. The second-order valence-corrected chi connectivity index (χ2v) is 15.5. The Morgan fingerprint density at radius 3 is 2.64 bits per heavy atom. The smallest absolute Gasteiger partial charge is 0.264 e. The fourth-order valence-corrected chi connectivity index (χ4v) is 8.91. The van der Waals surface area contributed by atoms with Gasteiger partial charge in [0.2, 0.25) is 11.8 Å². The van der Waals surface area contributed by atoms with Crippen LogP contribution in [-0.2, 0) is 9.59 Å². The van der Waals surface area contributed by atoms with Crippen LogP contribution in [0.25, 0.3) is 10.2 Å². The zero-order valence-electron chi connectivity index (χ0n) is 30.7. The first kappa shape index (κ1) is 37.6. The van der Waals surface area contributed by atoms with Crippen LogP contribution in [0.2, 0.25) is 0 Å². The Labute approximate surface area is 322 Å². The number of imide groups is 2. The third-order valence-corrected chi connectivity index (χ3v) is 11.8. The lowest BCUT2D eigenvalue weighted by atomic mass is 9.82. The minimum absolute atomic E-state index is 0.0823. The number of carbonyl (C=O) groups excluding carboxylic acids is 5. The summed E-state index contributed by atoms with van der Waals surface area (Å²) in [6.07, 6.45) is 9.25. The van der Waals surface area contributed by atoms with Crippen LogP contribution in [0.3, 0.4) is 0 Å². The molecule has 2 aromatic carbocycles. The summed E-state index contributed by atoms with van der Waals surface area (Å²) in [5, 5.41) is 18.7. The lowest BCUT2D eigenvalue weighted by Gasteiger charge is -2.30. The third kappa shape index (κ3) is 8.06. The number of thiazole rings is 1. The molecule has 4 aromatic rings. The predicted molar refractivity (Wildman–Crippen MR) is 206 cm³/mol. The Balaban J connectivity index is 0.861. The number of nitrogens with one attached hydrogen (secondary N) is 3. The topological polar surface area (TPSA) is 187 Å². The second kappa shape index (κ2) is 16.3. The molecule has 2 aromatic heterocycles. The molecular weight excluding hydrogens is 721 g/mol. The van der Waals surface area contributed by atoms with Gasteiger partial charge >= 0.3 is 0 Å². The number of amides is 5. The molecule has 1 saturated carbocycles. The molecule has 1 atom stereocenters. The first-order chi connectivity index (χ1) is 26.6. The van der Waals surface area contributed by atoms with Crippen molar-refractivity contribution in [1.82, 2.24) is 25.1 Å². The van der Waals surface area contributed by atoms with Gasteiger partial charge in [-0.05, 0) is 88.7 Å². The van der Waals surface area contributed by atoms with E-state index in [4.69, 9.17) is 15.0 Å². The molecule has 14 nitrogen and oxygen atoms in total. The van der Waals surface area contributed by atoms with Gasteiger partial charge in [0.15, 0.2) is 0 Å². The lowest BCUT2D eigenvalue weighted by molar-refractivity contribution is -0.136. The number of methoxy groups -OCH3 is 1. The van der Waals surface area contributed by atoms with Crippen molar-refractivity contribution in [2.45, 2.75) is 63.3 Å². The van der Waals surface area contributed by atoms with Gasteiger partial charge in [-0.1, -0.05) is 6.07 Å². The summed E-state index contributed by atoms with van der Waals surface area (Å²) >= 11 is 1.65. The van der Waals surface area contributed by atoms with E-state index in [9.17, 15) is 24.0 Å². The predicted octanol–water partition coefficient (Wildman–Crippen LogP) is 5.32. The van der Waals surface area contributed by atoms with E-state index in [1.165, 1.54) is 18.5 Å². The van der Waals surface area contributed by atoms with Crippen molar-refractivity contribution in [3.05, 3.63) is 76.1 Å². The Kier molecular flexibility index (Phi) is 11.2. The van der Waals surface area contributed by atoms with Gasteiger partial charge in [0.25, 0.3) is 17.7 Å². The summed E-state index contributed by atoms with van der Waals surface area (Å²) in [5.41, 5.74) is 3.10. The zero-order valence-corrected chi connectivity index (χ0v) is 31.5. The molecule has 3 aliphatic rings. The highest BCUT2D eigenvalue weighted by Crippen LogP contribution is 2.41. The van der Waals surface area contributed by atoms with Crippen LogP contribution in [0.15, 0.2) is 48.8 Å². The summed E-state index contributed by atoms with van der Waals surface area (Å²) in [6.45, 7) is 2.59. The van der Waals surface area contributed by atoms with Crippen molar-refractivity contribution in [3.8, 4) is 11.8 Å². The average molecular weight is 763 g/mol. The summed E-state index contributed by atoms with van der Waals surface area (Å²) in [6, 6.07) is 11.4. The Bertz CT molecular complexity index is 2210. The highest BCUT2D eigenvalue weighted by Gasteiger charge is 2.45. The van der Waals surface area contributed by atoms with Gasteiger partial charge in [-0.2, -0.15) is 5.26 Å². The van der Waals surface area contributed by atoms with Crippen molar-refractivity contribution in [1.29, 1.82) is 5.26 Å². The number of benzene rings is 2. The Hall–Kier alpha value is -5.72. The molecule has 0 bridgehead atoms. The van der Waals surface area contributed by atoms with Gasteiger partial charge in [-0.3, -0.25) is 39.2 Å². The molecule has 55 heavy (non-hydrogen) atoms. The molecule has 4 heterocycles. The molecular formula is C40H42N8O6S. The number of rotatable bonds is 13. The van der Waals surface area contributed by atoms with E-state index in [0.717, 1.165) is 71.7 Å². The number of unbranched alkanes of at least 4 members (excludes halogenated alkanes) is 1. The van der Waals surface area contributed by atoms with E-state index in [1.54, 1.807) is 36.6 Å². The molecule has 1 unspecified atom stereocenters. The number of nitriles is 1. The molecule has 15 heteroatoms. The molecule has 2 aliphatic heterocycles. The van der Waals surface area contributed by atoms with Crippen LogP contribution in [-0.4, -0.2) is 89.1 Å². The molecule has 284 valence electrons. The number of ether oxygens (including phenoxy) is 1. The van der Waals surface area contributed by atoms with Gasteiger partial charge in [0, 0.05) is 49.6 Å². The van der Waals surface area contributed by atoms with Crippen molar-refractivity contribution >= 4 is 62.5 Å². The fraction of sp³-hybridized carbons (Fsp3) is 0.400. The maximum atomic E-state index is 13.4. The SMILES string of the molecule is COc1cc2nc([C@H]3CC[C@H](CN(C)CCCCNc4cccc5c4C(=O)N(C4CCC(=O)NC4=O)C5=O)CC3)sc2cc1NC(=O)c1cncc(C#N)c1. The number of piperidine rings is 1. The number of pyridine rings is 1. The highest BCUT2D eigenvalue weighted by atomic mass is 32.1. The standard InChI is InChI=1S/C40H42N8O6S/c1-47(15-4-3-14-43-28-7-5-6-27-35(28)40(53)48(39(27)52)31-12-13-34(49)46-37(31)51)22-23-8-10-25(11-9-23)38-45-30-17-32(54-2)29(18-33(30)55-38)44-36(50)26-16-24(19-41)20-42-21-26/h5-7,16-18,20-21,23,25,31,43H,3-4,8-15,22H2,1-2H3,(H,44,50)(H,46,49,51)/t23-,25-,31?. The maximum absolute atomic E-state index is 13.4. The van der Waals surface area contributed by atoms with Crippen LogP contribution in [0.4, 0.5) is 11.4 Å². The fourth-order valence-electron chi connectivity index (χ4n) is 7.75. The van der Waals surface area contributed by atoms with Crippen LogP contribution in [0.1, 0.15) is 98.9 Å². The number of nitrogens with zero attached hydrogens (tertiary/aromatic N) is 5. The molecule has 5 amide bonds. The maximum Gasteiger partial charge on any atom is 0.264 e. The summed E-state index contributed by atoms with van der Waals surface area (Å²) < 4.78 is 6.55. The van der Waals surface area contributed by atoms with E-state index < -0.39 is 29.7 Å². The van der Waals surface area contributed by atoms with Crippen LogP contribution in [0, 0.1) is 17.2 Å². The number of anilines is 2. The van der Waals surface area contributed by atoms with Crippen molar-refractivity contribution in [3.63, 3.8) is 0 Å². The monoisotopic (exact) mass is 762 g/mol. The minimum Gasteiger partial charge on any atom is -0.494 e. The molecule has 3 N–H and O–H groups in total. The average Bonchev–Trinajstić information content (AvgIpc) is 3.72. The van der Waals surface area contributed by atoms with Crippen molar-refractivity contribution in [2.24, 2.45) is 5.92 Å². The number of aromatic nitrogens is 2. The summed E-state index contributed by atoms with van der Waals surface area (Å²) in [7, 11) is 3.72. The van der Waals surface area contributed by atoms with Gasteiger partial charge < -0.3 is 20.3 Å². The Morgan fingerprint density at radius 1 is 1.05 bits per heavy atom. The molecule has 1 saturated heterocycles. The summed E-state index contributed by atoms with van der Waals surface area (Å²) in [4.78, 5) is 75.8. The summed E-state index contributed by atoms with van der Waals surface area (Å²) in [5.74, 6) is -0.915. The van der Waals surface area contributed by atoms with Gasteiger partial charge in [0.1, 0.15) is 17.9 Å². The lowest BCUT2D eigenvalue weighted by Crippen LogP contribution is -2.54. The van der Waals surface area contributed by atoms with E-state index >= 15 is 0 Å². The number of fused-ring (bicyclic) bond motifs is 2. The second-order valence-electron chi connectivity index (χ2n) is 14.4. The van der Waals surface area contributed by atoms with Crippen LogP contribution >= 0.6 is 11.3 Å². The Morgan fingerprint density at radius 2 is 1.87 bits per heavy atom. The largest absolute Gasteiger partial charge is 0.494 e. The van der Waals surface area contributed by atoms with Crippen molar-refractivity contribution < 1.29 is 28.7 Å². The third-order valence-electron chi connectivity index (χ3n) is 10.6. The van der Waals surface area contributed by atoms with Gasteiger partial charge in [-0.25, -0.2) is 4.98 Å². The normalized spacial score (nSPS) is 19.7. The number of carbonyl (C=O) groups is 5. The highest BCUT2D eigenvalue weighted by molar-refractivity contribution is 7.18. The van der Waals surface area contributed by atoms with Crippen LogP contribution < -0.4 is 20.7 Å². The zero-order chi connectivity index (χ0) is 38.6. The van der Waals surface area contributed by atoms with Gasteiger partial charge in [-0.15, -0.1) is 11.3 Å². The molecule has 0 radical (unpaired) electrons. The molecule has 2 fully saturated rings. The minimum atomic E-state index is -0.989. The first-order valence-electron chi connectivity index (χ1n) is 18.6. The van der Waals surface area contributed by atoms with Crippen LogP contribution in [0.5, 0.6) is 5.75 Å². The van der Waals surface area contributed by atoms with E-state index in [1.807, 2.05) is 18.2 Å². The van der Waals surface area contributed by atoms with E-state index in [2.05, 4.69) is 32.9 Å². The molecule has 7 rings (SSSR count). The van der Waals surface area contributed by atoms with E-state index in [-0.39, 0.29) is 35.4 Å². The van der Waals surface area contributed by atoms with E-state index in [0.29, 0.717) is 41.1 Å². The number of hydrogen-bond donors (Lipinski definition) is 3.